The summed E-state index contributed by atoms with van der Waals surface area (Å²) in [5.74, 6) is 1.07. The predicted molar refractivity (Wildman–Crippen MR) is 158 cm³/mol. The maximum Gasteiger partial charge on any atom is 0.170 e. The van der Waals surface area contributed by atoms with Crippen molar-refractivity contribution >= 4 is 12.6 Å². The van der Waals surface area contributed by atoms with Gasteiger partial charge < -0.3 is 9.47 Å². The normalized spacial score (nSPS) is 12.3. The van der Waals surface area contributed by atoms with Gasteiger partial charge in [0.1, 0.15) is 0 Å². The number of ether oxygens (including phenoxy) is 2. The third kappa shape index (κ3) is 21.3. The molecular weight excluding hydrogens is 436 g/mol. The maximum absolute atomic E-state index is 6.13. The van der Waals surface area contributed by atoms with Crippen molar-refractivity contribution in [1.29, 1.82) is 0 Å². The molecule has 2 nitrogen and oxygen atoms in total. The van der Waals surface area contributed by atoms with Crippen LogP contribution >= 0.6 is 12.6 Å². The second-order valence-electron chi connectivity index (χ2n) is 9.70. The lowest BCUT2D eigenvalue weighted by Crippen LogP contribution is -2.43. The maximum atomic E-state index is 6.13. The van der Waals surface area contributed by atoms with Crippen LogP contribution in [0.3, 0.4) is 0 Å². The summed E-state index contributed by atoms with van der Waals surface area (Å²) in [5.41, 5.74) is 0. The second-order valence-corrected chi connectivity index (χ2v) is 10.2. The summed E-state index contributed by atoms with van der Waals surface area (Å²) >= 11 is 4.39. The summed E-state index contributed by atoms with van der Waals surface area (Å²) in [7, 11) is 0. The number of rotatable bonds is 25. The largest absolute Gasteiger partial charge is 0.350 e. The average molecular weight is 501 g/mol. The van der Waals surface area contributed by atoms with Crippen molar-refractivity contribution in [2.24, 2.45) is 5.92 Å². The number of hydrogen-bond donors (Lipinski definition) is 1. The molecule has 0 amide bonds. The molecule has 0 aliphatic carbocycles. The van der Waals surface area contributed by atoms with Crippen molar-refractivity contribution in [3.8, 4) is 0 Å². The van der Waals surface area contributed by atoms with Gasteiger partial charge in [-0.15, -0.1) is 6.58 Å². The second kappa shape index (κ2) is 29.2. The molecule has 0 spiro atoms. The smallest absolute Gasteiger partial charge is 0.170 e. The van der Waals surface area contributed by atoms with Crippen molar-refractivity contribution in [3.05, 3.63) is 12.7 Å². The molecule has 0 aromatic rings. The lowest BCUT2D eigenvalue weighted by Gasteiger charge is -2.40. The molecule has 34 heavy (non-hydrogen) atoms. The lowest BCUT2D eigenvalue weighted by molar-refractivity contribution is -0.267. The monoisotopic (exact) mass is 500 g/mol. The van der Waals surface area contributed by atoms with Gasteiger partial charge in [0.15, 0.2) is 5.79 Å². The molecular formula is C31H64O2S. The summed E-state index contributed by atoms with van der Waals surface area (Å²) in [4.78, 5) is 0. The topological polar surface area (TPSA) is 18.5 Å². The minimum Gasteiger partial charge on any atom is -0.350 e. The molecule has 0 heterocycles. The minimum absolute atomic E-state index is 0.379. The van der Waals surface area contributed by atoms with Crippen LogP contribution in [0.15, 0.2) is 12.7 Å². The number of allylic oxidation sites excluding steroid dienone is 1. The van der Waals surface area contributed by atoms with Gasteiger partial charge >= 0.3 is 0 Å². The molecule has 0 N–H and O–H groups in total. The van der Waals surface area contributed by atoms with Gasteiger partial charge in [0.05, 0.1) is 0 Å². The van der Waals surface area contributed by atoms with Crippen LogP contribution in [-0.4, -0.2) is 24.8 Å². The van der Waals surface area contributed by atoms with Crippen molar-refractivity contribution in [2.75, 3.05) is 19.0 Å². The molecule has 0 aliphatic rings. The summed E-state index contributed by atoms with van der Waals surface area (Å²) in [6.07, 6.45) is 27.0. The van der Waals surface area contributed by atoms with Gasteiger partial charge in [0.25, 0.3) is 0 Å². The van der Waals surface area contributed by atoms with Gasteiger partial charge in [-0.3, -0.25) is 0 Å². The molecule has 0 bridgehead atoms. The molecule has 0 aromatic carbocycles. The van der Waals surface area contributed by atoms with E-state index in [2.05, 4.69) is 53.8 Å². The van der Waals surface area contributed by atoms with Crippen LogP contribution < -0.4 is 0 Å². The third-order valence-electron chi connectivity index (χ3n) is 6.77. The third-order valence-corrected chi connectivity index (χ3v) is 7.09. The zero-order chi connectivity index (χ0) is 25.8. The fourth-order valence-corrected chi connectivity index (χ4v) is 4.96. The Morgan fingerprint density at radius 1 is 0.647 bits per heavy atom. The molecule has 0 aliphatic heterocycles. The van der Waals surface area contributed by atoms with E-state index >= 15 is 0 Å². The minimum atomic E-state index is -0.379. The Kier molecular flexibility index (Phi) is 31.1. The van der Waals surface area contributed by atoms with E-state index in [1.54, 1.807) is 0 Å². The first-order valence-electron chi connectivity index (χ1n) is 15.1. The Balaban J connectivity index is 0. The van der Waals surface area contributed by atoms with E-state index in [1.807, 2.05) is 6.08 Å². The molecule has 0 saturated carbocycles. The number of hydrogen-bond acceptors (Lipinski definition) is 3. The van der Waals surface area contributed by atoms with E-state index in [1.165, 1.54) is 103 Å². The van der Waals surface area contributed by atoms with E-state index in [4.69, 9.17) is 9.47 Å². The van der Waals surface area contributed by atoms with E-state index in [0.29, 0.717) is 5.92 Å². The molecule has 3 heteroatoms. The highest BCUT2D eigenvalue weighted by molar-refractivity contribution is 7.80. The quantitative estimate of drug-likeness (QED) is 0.0581. The van der Waals surface area contributed by atoms with Crippen LogP contribution in [0.5, 0.6) is 0 Å². The first-order valence-corrected chi connectivity index (χ1v) is 15.7. The molecule has 0 fully saturated rings. The molecule has 0 radical (unpaired) electrons. The summed E-state index contributed by atoms with van der Waals surface area (Å²) < 4.78 is 12.3. The highest BCUT2D eigenvalue weighted by Crippen LogP contribution is 2.35. The molecule has 0 rings (SSSR count). The van der Waals surface area contributed by atoms with Gasteiger partial charge in [-0.05, 0) is 58.1 Å². The Labute approximate surface area is 221 Å². The molecule has 0 saturated heterocycles. The fraction of sp³-hybridized carbons (Fsp3) is 0.935. The molecule has 1 unspecified atom stereocenters. The number of unbranched alkanes of at least 4 members (excludes halogenated alkanes) is 13. The Bertz CT molecular complexity index is 380. The lowest BCUT2D eigenvalue weighted by atomic mass is 9.86. The highest BCUT2D eigenvalue weighted by Gasteiger charge is 2.38. The Morgan fingerprint density at radius 3 is 1.50 bits per heavy atom. The van der Waals surface area contributed by atoms with Crippen molar-refractivity contribution in [2.45, 2.75) is 162 Å². The van der Waals surface area contributed by atoms with Crippen LogP contribution in [-0.2, 0) is 9.47 Å². The van der Waals surface area contributed by atoms with Crippen molar-refractivity contribution in [3.63, 3.8) is 0 Å². The molecule has 206 valence electrons. The van der Waals surface area contributed by atoms with Crippen LogP contribution in [0.2, 0.25) is 0 Å². The first-order chi connectivity index (χ1) is 16.6. The molecule has 1 atom stereocenters. The van der Waals surface area contributed by atoms with E-state index in [9.17, 15) is 0 Å². The first kappa shape index (κ1) is 36.2. The van der Waals surface area contributed by atoms with Gasteiger partial charge in [-0.25, -0.2) is 0 Å². The summed E-state index contributed by atoms with van der Waals surface area (Å²) in [6.45, 7) is 16.0. The van der Waals surface area contributed by atoms with Crippen LogP contribution in [0.4, 0.5) is 0 Å². The van der Waals surface area contributed by atoms with Crippen LogP contribution in [0.25, 0.3) is 0 Å². The average Bonchev–Trinajstić information content (AvgIpc) is 2.85. The Morgan fingerprint density at radius 2 is 1.09 bits per heavy atom. The Hall–Kier alpha value is 0.01000. The van der Waals surface area contributed by atoms with Crippen LogP contribution in [0, 0.1) is 5.92 Å². The zero-order valence-electron chi connectivity index (χ0n) is 24.2. The summed E-state index contributed by atoms with van der Waals surface area (Å²) in [5, 5.41) is 0. The van der Waals surface area contributed by atoms with Crippen molar-refractivity contribution < 1.29 is 9.47 Å². The van der Waals surface area contributed by atoms with Crippen LogP contribution in [0.1, 0.15) is 157 Å². The van der Waals surface area contributed by atoms with E-state index < -0.39 is 0 Å². The molecule has 0 aromatic heterocycles. The SMILES string of the molecule is C=CCCCCCCCCCC.CCCCCCCCC(CCCS)C(CC)(OCC)OCC. The predicted octanol–water partition coefficient (Wildman–Crippen LogP) is 10.9. The van der Waals surface area contributed by atoms with E-state index in [0.717, 1.165) is 38.2 Å². The fourth-order valence-electron chi connectivity index (χ4n) is 4.77. The summed E-state index contributed by atoms with van der Waals surface area (Å²) in [6, 6.07) is 0. The zero-order valence-corrected chi connectivity index (χ0v) is 25.1. The van der Waals surface area contributed by atoms with Gasteiger partial charge in [-0.1, -0.05) is 110 Å². The van der Waals surface area contributed by atoms with E-state index in [-0.39, 0.29) is 5.79 Å². The van der Waals surface area contributed by atoms with Gasteiger partial charge in [0, 0.05) is 19.1 Å². The highest BCUT2D eigenvalue weighted by atomic mass is 32.1. The van der Waals surface area contributed by atoms with Gasteiger partial charge in [-0.2, -0.15) is 12.6 Å². The standard InChI is InChI=1S/C19H40O2S.C12H24/c1-5-9-10-11-12-13-15-18(16-14-17-22)19(6-2,20-7-3)21-8-4;1-3-5-7-9-11-12-10-8-6-4-2/h18,22H,5-17H2,1-4H3;3H,1,4-12H2,2H3. The number of thiol groups is 1. The van der Waals surface area contributed by atoms with Crippen molar-refractivity contribution in [1.82, 2.24) is 0 Å². The van der Waals surface area contributed by atoms with Gasteiger partial charge in [0.2, 0.25) is 0 Å².